The quantitative estimate of drug-likeness (QED) is 0.591. The van der Waals surface area contributed by atoms with Crippen LogP contribution in [0.1, 0.15) is 12.8 Å². The summed E-state index contributed by atoms with van der Waals surface area (Å²) in [6.45, 7) is 1.30. The number of hydrogen-bond donors (Lipinski definition) is 2. The summed E-state index contributed by atoms with van der Waals surface area (Å²) in [5, 5.41) is 0. The molecule has 2 heterocycles. The molecule has 1 aliphatic heterocycles. The van der Waals surface area contributed by atoms with Crippen LogP contribution in [-0.2, 0) is 10.0 Å². The van der Waals surface area contributed by atoms with Crippen LogP contribution in [0.4, 0.5) is 5.82 Å². The molecule has 1 aromatic rings. The van der Waals surface area contributed by atoms with E-state index in [0.29, 0.717) is 12.4 Å². The SMILES string of the molecule is CN(C)CC1CCCN1S(=O)(=O)c1ccc(NN)nc1. The maximum Gasteiger partial charge on any atom is 0.244 e. The van der Waals surface area contributed by atoms with Crippen LogP contribution < -0.4 is 11.3 Å². The monoisotopic (exact) mass is 299 g/mol. The van der Waals surface area contributed by atoms with Crippen molar-refractivity contribution in [3.8, 4) is 0 Å². The summed E-state index contributed by atoms with van der Waals surface area (Å²) >= 11 is 0. The molecule has 0 radical (unpaired) electrons. The van der Waals surface area contributed by atoms with Gasteiger partial charge in [-0.05, 0) is 39.1 Å². The molecule has 1 unspecified atom stereocenters. The van der Waals surface area contributed by atoms with Crippen LogP contribution in [0.2, 0.25) is 0 Å². The summed E-state index contributed by atoms with van der Waals surface area (Å²) < 4.78 is 26.9. The molecule has 1 fully saturated rings. The predicted molar refractivity (Wildman–Crippen MR) is 77.5 cm³/mol. The fourth-order valence-corrected chi connectivity index (χ4v) is 4.11. The highest BCUT2D eigenvalue weighted by Crippen LogP contribution is 2.26. The Kier molecular flexibility index (Phi) is 4.59. The minimum Gasteiger partial charge on any atom is -0.308 e. The molecular weight excluding hydrogens is 278 g/mol. The van der Waals surface area contributed by atoms with Crippen molar-refractivity contribution in [2.45, 2.75) is 23.8 Å². The first-order valence-corrected chi connectivity index (χ1v) is 7.98. The Hall–Kier alpha value is -1.22. The third-order valence-corrected chi connectivity index (χ3v) is 5.33. The van der Waals surface area contributed by atoms with Crippen molar-refractivity contribution in [1.82, 2.24) is 14.2 Å². The molecule has 112 valence electrons. The number of nitrogens with zero attached hydrogens (tertiary/aromatic N) is 3. The molecule has 8 heteroatoms. The molecule has 0 saturated carbocycles. The van der Waals surface area contributed by atoms with Gasteiger partial charge in [0.15, 0.2) is 0 Å². The van der Waals surface area contributed by atoms with E-state index in [1.165, 1.54) is 12.3 Å². The van der Waals surface area contributed by atoms with Crippen LogP contribution in [0.3, 0.4) is 0 Å². The molecule has 1 aliphatic rings. The van der Waals surface area contributed by atoms with Gasteiger partial charge in [-0.1, -0.05) is 0 Å². The third-order valence-electron chi connectivity index (χ3n) is 3.39. The number of likely N-dealkylation sites (N-methyl/N-ethyl adjacent to an activating group) is 1. The van der Waals surface area contributed by atoms with Crippen molar-refractivity contribution in [1.29, 1.82) is 0 Å². The van der Waals surface area contributed by atoms with Crippen molar-refractivity contribution in [3.63, 3.8) is 0 Å². The van der Waals surface area contributed by atoms with Crippen LogP contribution >= 0.6 is 0 Å². The van der Waals surface area contributed by atoms with Crippen LogP contribution in [0.15, 0.2) is 23.2 Å². The Morgan fingerprint density at radius 3 is 2.80 bits per heavy atom. The summed E-state index contributed by atoms with van der Waals surface area (Å²) in [6.07, 6.45) is 3.14. The Morgan fingerprint density at radius 1 is 1.50 bits per heavy atom. The van der Waals surface area contributed by atoms with Gasteiger partial charge in [-0.2, -0.15) is 4.31 Å². The highest BCUT2D eigenvalue weighted by Gasteiger charge is 2.35. The highest BCUT2D eigenvalue weighted by atomic mass is 32.2. The number of anilines is 1. The van der Waals surface area contributed by atoms with Crippen LogP contribution in [-0.4, -0.2) is 55.8 Å². The normalized spacial score (nSPS) is 20.5. The second-order valence-corrected chi connectivity index (χ2v) is 7.09. The van der Waals surface area contributed by atoms with Crippen molar-refractivity contribution in [2.75, 3.05) is 32.6 Å². The minimum atomic E-state index is -3.48. The molecule has 7 nitrogen and oxygen atoms in total. The van der Waals surface area contributed by atoms with Crippen molar-refractivity contribution in [2.24, 2.45) is 5.84 Å². The third kappa shape index (κ3) is 3.09. The second-order valence-electron chi connectivity index (χ2n) is 5.20. The second kappa shape index (κ2) is 6.04. The largest absolute Gasteiger partial charge is 0.308 e. The number of hydrogen-bond acceptors (Lipinski definition) is 6. The zero-order chi connectivity index (χ0) is 14.8. The van der Waals surface area contributed by atoms with E-state index in [1.54, 1.807) is 10.4 Å². The Balaban J connectivity index is 2.24. The number of nitrogens with one attached hydrogen (secondary N) is 1. The average Bonchev–Trinajstić information content (AvgIpc) is 2.87. The lowest BCUT2D eigenvalue weighted by molar-refractivity contribution is 0.291. The zero-order valence-corrected chi connectivity index (χ0v) is 12.6. The van der Waals surface area contributed by atoms with Gasteiger partial charge in [0.05, 0.1) is 0 Å². The van der Waals surface area contributed by atoms with Gasteiger partial charge in [0.1, 0.15) is 10.7 Å². The summed E-state index contributed by atoms with van der Waals surface area (Å²) in [4.78, 5) is 6.19. The first-order chi connectivity index (χ1) is 9.45. The van der Waals surface area contributed by atoms with E-state index in [0.717, 1.165) is 19.4 Å². The van der Waals surface area contributed by atoms with Crippen molar-refractivity contribution < 1.29 is 8.42 Å². The molecule has 3 N–H and O–H groups in total. The molecular formula is C12H21N5O2S. The molecule has 0 bridgehead atoms. The summed E-state index contributed by atoms with van der Waals surface area (Å²) in [7, 11) is 0.419. The lowest BCUT2D eigenvalue weighted by Gasteiger charge is -2.26. The fraction of sp³-hybridized carbons (Fsp3) is 0.583. The smallest absolute Gasteiger partial charge is 0.244 e. The van der Waals surface area contributed by atoms with Gasteiger partial charge in [-0.3, -0.25) is 0 Å². The van der Waals surface area contributed by atoms with Gasteiger partial charge in [0.2, 0.25) is 10.0 Å². The molecule has 20 heavy (non-hydrogen) atoms. The van der Waals surface area contributed by atoms with E-state index in [4.69, 9.17) is 5.84 Å². The van der Waals surface area contributed by atoms with Gasteiger partial charge in [-0.25, -0.2) is 19.2 Å². The highest BCUT2D eigenvalue weighted by molar-refractivity contribution is 7.89. The summed E-state index contributed by atoms with van der Waals surface area (Å²) in [5.74, 6) is 5.67. The number of pyridine rings is 1. The molecule has 2 rings (SSSR count). The zero-order valence-electron chi connectivity index (χ0n) is 11.8. The number of nitrogens with two attached hydrogens (primary N) is 1. The van der Waals surface area contributed by atoms with Crippen LogP contribution in [0.5, 0.6) is 0 Å². The molecule has 0 amide bonds. The van der Waals surface area contributed by atoms with Gasteiger partial charge in [0, 0.05) is 25.3 Å². The lowest BCUT2D eigenvalue weighted by Crippen LogP contribution is -2.41. The van der Waals surface area contributed by atoms with Gasteiger partial charge in [-0.15, -0.1) is 0 Å². The number of sulfonamides is 1. The fourth-order valence-electron chi connectivity index (χ4n) is 2.48. The van der Waals surface area contributed by atoms with Gasteiger partial charge in [0.25, 0.3) is 0 Å². The van der Waals surface area contributed by atoms with E-state index in [9.17, 15) is 8.42 Å². The number of aromatic nitrogens is 1. The number of rotatable bonds is 5. The molecule has 0 aliphatic carbocycles. The summed E-state index contributed by atoms with van der Waals surface area (Å²) in [6, 6.07) is 3.12. The topological polar surface area (TPSA) is 91.6 Å². The standard InChI is InChI=1S/C12H21N5O2S/c1-16(2)9-10-4-3-7-17(10)20(18,19)11-5-6-12(15-13)14-8-11/h5-6,8,10H,3-4,7,9,13H2,1-2H3,(H,14,15). The Labute approximate surface area is 119 Å². The van der Waals surface area contributed by atoms with Gasteiger partial charge >= 0.3 is 0 Å². The first-order valence-electron chi connectivity index (χ1n) is 6.54. The lowest BCUT2D eigenvalue weighted by atomic mass is 10.2. The van der Waals surface area contributed by atoms with E-state index < -0.39 is 10.0 Å². The minimum absolute atomic E-state index is 0.0299. The van der Waals surface area contributed by atoms with Crippen molar-refractivity contribution in [3.05, 3.63) is 18.3 Å². The van der Waals surface area contributed by atoms with E-state index in [1.807, 2.05) is 19.0 Å². The van der Waals surface area contributed by atoms with Crippen LogP contribution in [0, 0.1) is 0 Å². The first kappa shape index (κ1) is 15.2. The number of nitrogen functional groups attached to an aromatic ring is 1. The van der Waals surface area contributed by atoms with Crippen LogP contribution in [0.25, 0.3) is 0 Å². The van der Waals surface area contributed by atoms with E-state index in [-0.39, 0.29) is 10.9 Å². The maximum atomic E-state index is 12.6. The van der Waals surface area contributed by atoms with E-state index >= 15 is 0 Å². The molecule has 1 atom stereocenters. The Bertz CT molecular complexity index is 543. The van der Waals surface area contributed by atoms with Crippen molar-refractivity contribution >= 4 is 15.8 Å². The molecule has 1 aromatic heterocycles. The maximum absolute atomic E-state index is 12.6. The Morgan fingerprint density at radius 2 is 2.25 bits per heavy atom. The molecule has 1 saturated heterocycles. The van der Waals surface area contributed by atoms with Gasteiger partial charge < -0.3 is 10.3 Å². The predicted octanol–water partition coefficient (Wildman–Crippen LogP) is 0.0819. The number of hydrazine groups is 1. The van der Waals surface area contributed by atoms with E-state index in [2.05, 4.69) is 10.4 Å². The summed E-state index contributed by atoms with van der Waals surface area (Å²) in [5.41, 5.74) is 2.38. The average molecular weight is 299 g/mol. The molecule has 0 aromatic carbocycles. The molecule has 0 spiro atoms.